The summed E-state index contributed by atoms with van der Waals surface area (Å²) in [5.74, 6) is -0.412. The zero-order valence-electron chi connectivity index (χ0n) is 32.5. The number of amides is 1. The number of ether oxygens (including phenoxy) is 3. The van der Waals surface area contributed by atoms with Crippen LogP contribution in [-0.4, -0.2) is 43.6 Å². The van der Waals surface area contributed by atoms with Gasteiger partial charge in [-0.2, -0.15) is 0 Å². The zero-order chi connectivity index (χ0) is 37.2. The Morgan fingerprint density at radius 3 is 2.18 bits per heavy atom. The second kappa shape index (κ2) is 13.1. The smallest absolute Gasteiger partial charge is 0.333 e. The molecule has 4 fully saturated rings. The molecule has 0 saturated heterocycles. The first-order chi connectivity index (χ1) is 23.9. The van der Waals surface area contributed by atoms with E-state index in [1.165, 1.54) is 26.5 Å². The lowest BCUT2D eigenvalue weighted by atomic mass is 9.33. The molecule has 1 aromatic rings. The van der Waals surface area contributed by atoms with E-state index in [4.69, 9.17) is 14.2 Å². The third-order valence-electron chi connectivity index (χ3n) is 15.6. The van der Waals surface area contributed by atoms with Gasteiger partial charge in [-0.25, -0.2) is 4.79 Å². The van der Waals surface area contributed by atoms with E-state index >= 15 is 0 Å². The number of allylic oxidation sites excluding steroid dienone is 2. The number of hydrogen-bond acceptors (Lipinski definition) is 7. The summed E-state index contributed by atoms with van der Waals surface area (Å²) in [5, 5.41) is 3.22. The summed E-state index contributed by atoms with van der Waals surface area (Å²) >= 11 is 0. The van der Waals surface area contributed by atoms with E-state index in [2.05, 4.69) is 52.9 Å². The van der Waals surface area contributed by atoms with Crippen molar-refractivity contribution in [2.45, 2.75) is 132 Å². The predicted molar refractivity (Wildman–Crippen MR) is 195 cm³/mol. The van der Waals surface area contributed by atoms with E-state index in [0.717, 1.165) is 69.8 Å². The van der Waals surface area contributed by atoms with Crippen molar-refractivity contribution in [1.29, 1.82) is 0 Å². The monoisotopic (exact) mass is 703 g/mol. The molecule has 10 atom stereocenters. The highest BCUT2D eigenvalue weighted by atomic mass is 16.6. The molecule has 1 N–H and O–H groups in total. The molecule has 0 spiro atoms. The van der Waals surface area contributed by atoms with Crippen LogP contribution in [0.15, 0.2) is 42.0 Å². The van der Waals surface area contributed by atoms with E-state index in [1.807, 2.05) is 30.3 Å². The summed E-state index contributed by atoms with van der Waals surface area (Å²) in [7, 11) is 1.38. The van der Waals surface area contributed by atoms with Crippen LogP contribution in [0.5, 0.6) is 0 Å². The molecule has 8 heteroatoms. The Labute approximate surface area is 305 Å². The number of carbonyl (C=O) groups excluding carboxylic acids is 4. The first-order valence-electron chi connectivity index (χ1n) is 19.3. The summed E-state index contributed by atoms with van der Waals surface area (Å²) < 4.78 is 16.9. The summed E-state index contributed by atoms with van der Waals surface area (Å²) in [6.45, 7) is 17.5. The fourth-order valence-corrected chi connectivity index (χ4v) is 12.6. The maximum atomic E-state index is 14.8. The number of rotatable bonds is 7. The van der Waals surface area contributed by atoms with Crippen molar-refractivity contribution in [3.8, 4) is 0 Å². The highest BCUT2D eigenvalue weighted by molar-refractivity contribution is 5.89. The third-order valence-corrected chi connectivity index (χ3v) is 15.6. The van der Waals surface area contributed by atoms with Crippen molar-refractivity contribution >= 4 is 23.8 Å². The van der Waals surface area contributed by atoms with E-state index in [-0.39, 0.29) is 64.1 Å². The fraction of sp³-hybridized carbons (Fsp3) is 0.721. The highest BCUT2D eigenvalue weighted by Gasteiger charge is 2.70. The van der Waals surface area contributed by atoms with Crippen molar-refractivity contribution in [3.63, 3.8) is 0 Å². The van der Waals surface area contributed by atoms with Gasteiger partial charge >= 0.3 is 17.9 Å². The van der Waals surface area contributed by atoms with Gasteiger partial charge in [-0.3, -0.25) is 14.4 Å². The number of nitrogens with one attached hydrogen (secondary N) is 1. The first kappa shape index (κ1) is 37.6. The highest BCUT2D eigenvalue weighted by Crippen LogP contribution is 2.76. The van der Waals surface area contributed by atoms with Gasteiger partial charge in [0, 0.05) is 19.3 Å². The van der Waals surface area contributed by atoms with Gasteiger partial charge in [0.15, 0.2) is 6.04 Å². The lowest BCUT2D eigenvalue weighted by Gasteiger charge is -2.71. The van der Waals surface area contributed by atoms with Crippen LogP contribution in [0.1, 0.15) is 131 Å². The summed E-state index contributed by atoms with van der Waals surface area (Å²) in [5.41, 5.74) is 1.00. The molecule has 0 aliphatic heterocycles. The van der Waals surface area contributed by atoms with Crippen molar-refractivity contribution in [3.05, 3.63) is 47.5 Å². The Bertz CT molecular complexity index is 1590. The van der Waals surface area contributed by atoms with E-state index in [1.54, 1.807) is 0 Å². The third kappa shape index (κ3) is 5.95. The number of carbonyl (C=O) groups is 4. The molecule has 1 aromatic carbocycles. The molecule has 0 radical (unpaired) electrons. The van der Waals surface area contributed by atoms with Crippen LogP contribution in [0.2, 0.25) is 0 Å². The van der Waals surface area contributed by atoms with Gasteiger partial charge in [0.05, 0.1) is 12.5 Å². The number of fused-ring (bicyclic) bond motifs is 7. The van der Waals surface area contributed by atoms with Gasteiger partial charge in [0.1, 0.15) is 12.7 Å². The summed E-state index contributed by atoms with van der Waals surface area (Å²) in [6, 6.07) is 8.56. The average Bonchev–Trinajstić information content (AvgIpc) is 3.07. The van der Waals surface area contributed by atoms with Crippen LogP contribution in [0.4, 0.5) is 0 Å². The minimum atomic E-state index is -0.858. The fourth-order valence-electron chi connectivity index (χ4n) is 12.6. The molecule has 4 saturated carbocycles. The van der Waals surface area contributed by atoms with Crippen LogP contribution in [0, 0.1) is 50.2 Å². The van der Waals surface area contributed by atoms with Crippen molar-refractivity contribution < 1.29 is 33.4 Å². The summed E-state index contributed by atoms with van der Waals surface area (Å²) in [6.07, 6.45) is 11.2. The molecular weight excluding hydrogens is 642 g/mol. The Balaban J connectivity index is 1.37. The second-order valence-corrected chi connectivity index (χ2v) is 18.6. The minimum Gasteiger partial charge on any atom is -0.467 e. The number of hydrogen-bond donors (Lipinski definition) is 1. The van der Waals surface area contributed by atoms with Gasteiger partial charge in [0.25, 0.3) is 0 Å². The van der Waals surface area contributed by atoms with Crippen molar-refractivity contribution in [2.75, 3.05) is 13.7 Å². The molecule has 8 nitrogen and oxygen atoms in total. The normalized spacial score (nSPS) is 40.1. The van der Waals surface area contributed by atoms with Crippen LogP contribution in [-0.2, 0) is 33.4 Å². The second-order valence-electron chi connectivity index (χ2n) is 18.6. The van der Waals surface area contributed by atoms with Crippen LogP contribution >= 0.6 is 0 Å². The van der Waals surface area contributed by atoms with Gasteiger partial charge in [-0.05, 0) is 109 Å². The maximum absolute atomic E-state index is 14.8. The Kier molecular flexibility index (Phi) is 9.62. The molecule has 1 unspecified atom stereocenters. The lowest BCUT2D eigenvalue weighted by Crippen LogP contribution is -2.66. The number of esters is 3. The Morgan fingerprint density at radius 2 is 1.53 bits per heavy atom. The molecule has 51 heavy (non-hydrogen) atoms. The standard InChI is InChI=1S/C43H61NO7/c1-27(45)50-26-40(6)32-17-20-42(8)33(39(32,5)19-18-34(40)51-28(2)46)16-15-30-31-25-38(3,4)21-23-43(31,24-22-41(30,42)7)37(48)44-35(36(47)49-9)29-13-11-10-12-14-29/h10-15,31-35H,16-26H2,1-9H3,(H,44,48)/t31-,32+,33+,34-,35?,39-,40-,41+,42+,43-/m0/s1. The Hall–Kier alpha value is -3.16. The zero-order valence-corrected chi connectivity index (χ0v) is 32.5. The van der Waals surface area contributed by atoms with E-state index in [9.17, 15) is 19.2 Å². The van der Waals surface area contributed by atoms with Crippen LogP contribution < -0.4 is 5.32 Å². The average molecular weight is 704 g/mol. The number of methoxy groups -OCH3 is 1. The van der Waals surface area contributed by atoms with Gasteiger partial charge in [-0.1, -0.05) is 83.5 Å². The van der Waals surface area contributed by atoms with E-state index in [0.29, 0.717) is 5.92 Å². The first-order valence-corrected chi connectivity index (χ1v) is 19.3. The molecule has 6 rings (SSSR count). The van der Waals surface area contributed by atoms with Crippen molar-refractivity contribution in [2.24, 2.45) is 50.2 Å². The quantitative estimate of drug-likeness (QED) is 0.173. The molecule has 1 amide bonds. The predicted octanol–water partition coefficient (Wildman–Crippen LogP) is 8.29. The topological polar surface area (TPSA) is 108 Å². The van der Waals surface area contributed by atoms with Gasteiger partial charge in [0.2, 0.25) is 5.91 Å². The molecular formula is C43H61NO7. The maximum Gasteiger partial charge on any atom is 0.333 e. The van der Waals surface area contributed by atoms with Crippen molar-refractivity contribution in [1.82, 2.24) is 5.32 Å². The van der Waals surface area contributed by atoms with E-state index < -0.39 is 22.8 Å². The van der Waals surface area contributed by atoms with Crippen LogP contribution in [0.25, 0.3) is 0 Å². The molecule has 5 aliphatic rings. The minimum absolute atomic E-state index is 0.0121. The van der Waals surface area contributed by atoms with Gasteiger partial charge < -0.3 is 19.5 Å². The SMILES string of the molecule is COC(=O)C(NC(=O)[C@]12CCC(C)(C)C[C@H]1C1=CC[C@@H]3[C@@]4(C)CC[C@H](OC(C)=O)[C@@](C)(COC(C)=O)[C@@H]4CC[C@@]3(C)[C@]1(C)CC2)c1ccccc1. The molecule has 280 valence electrons. The van der Waals surface area contributed by atoms with Crippen LogP contribution in [0.3, 0.4) is 0 Å². The van der Waals surface area contributed by atoms with Gasteiger partial charge in [-0.15, -0.1) is 0 Å². The molecule has 0 bridgehead atoms. The molecule has 5 aliphatic carbocycles. The summed E-state index contributed by atoms with van der Waals surface area (Å²) in [4.78, 5) is 52.3. The Morgan fingerprint density at radius 1 is 0.843 bits per heavy atom. The molecule has 0 aromatic heterocycles. The number of benzene rings is 1. The molecule has 0 heterocycles. The largest absolute Gasteiger partial charge is 0.467 e. The lowest BCUT2D eigenvalue weighted by molar-refractivity contribution is -0.226.